The first-order chi connectivity index (χ1) is 10.7. The molecule has 1 aromatic heterocycles. The molecular formula is C19H25N3. The predicted octanol–water partition coefficient (Wildman–Crippen LogP) is 3.60. The van der Waals surface area contributed by atoms with E-state index in [-0.39, 0.29) is 0 Å². The van der Waals surface area contributed by atoms with Gasteiger partial charge in [0.2, 0.25) is 0 Å². The Morgan fingerprint density at radius 3 is 2.73 bits per heavy atom. The van der Waals surface area contributed by atoms with E-state index < -0.39 is 0 Å². The van der Waals surface area contributed by atoms with Crippen molar-refractivity contribution in [1.82, 2.24) is 10.3 Å². The zero-order valence-corrected chi connectivity index (χ0v) is 13.3. The number of unbranched alkanes of at least 4 members (excludes halogenated alkanes) is 1. The average Bonchev–Trinajstić information content (AvgIpc) is 2.50. The van der Waals surface area contributed by atoms with Crippen molar-refractivity contribution in [3.8, 4) is 0 Å². The van der Waals surface area contributed by atoms with Crippen LogP contribution in [0.2, 0.25) is 0 Å². The molecule has 0 saturated carbocycles. The van der Waals surface area contributed by atoms with Gasteiger partial charge in [0.05, 0.1) is 0 Å². The minimum Gasteiger partial charge on any atom is -0.384 e. The van der Waals surface area contributed by atoms with E-state index in [4.69, 9.17) is 5.73 Å². The van der Waals surface area contributed by atoms with Crippen molar-refractivity contribution in [2.45, 2.75) is 26.2 Å². The first-order valence-electron chi connectivity index (χ1n) is 7.89. The molecule has 3 N–H and O–H groups in total. The third-order valence-corrected chi connectivity index (χ3v) is 3.45. The van der Waals surface area contributed by atoms with Gasteiger partial charge in [-0.1, -0.05) is 42.5 Å². The molecule has 0 unspecified atom stereocenters. The van der Waals surface area contributed by atoms with Gasteiger partial charge in [0.25, 0.3) is 0 Å². The molecule has 3 heteroatoms. The van der Waals surface area contributed by atoms with Crippen LogP contribution < -0.4 is 11.1 Å². The molecule has 0 bridgehead atoms. The maximum atomic E-state index is 5.76. The van der Waals surface area contributed by atoms with Crippen molar-refractivity contribution in [3.05, 3.63) is 65.4 Å². The number of aryl methyl sites for hydroxylation is 2. The van der Waals surface area contributed by atoms with E-state index in [1.165, 1.54) is 11.1 Å². The Kier molecular flexibility index (Phi) is 6.65. The van der Waals surface area contributed by atoms with Crippen molar-refractivity contribution >= 4 is 11.9 Å². The lowest BCUT2D eigenvalue weighted by atomic mass is 10.1. The first-order valence-corrected chi connectivity index (χ1v) is 7.89. The van der Waals surface area contributed by atoms with Gasteiger partial charge in [0.15, 0.2) is 0 Å². The number of hydrogen-bond acceptors (Lipinski definition) is 3. The lowest BCUT2D eigenvalue weighted by Gasteiger charge is -2.04. The number of hydrogen-bond donors (Lipinski definition) is 2. The van der Waals surface area contributed by atoms with Crippen LogP contribution in [0.25, 0.3) is 6.08 Å². The standard InChI is InChI=1S/C19H25N3/c1-16-14-18(22-19(20)15-16)11-5-6-12-21-13-7-10-17-8-3-2-4-9-17/h2-4,7-10,14-15,21H,5-6,11-13H2,1H3,(H2,20,22)/b10-7+. The van der Waals surface area contributed by atoms with Crippen molar-refractivity contribution in [3.63, 3.8) is 0 Å². The largest absolute Gasteiger partial charge is 0.384 e. The lowest BCUT2D eigenvalue weighted by Crippen LogP contribution is -2.15. The van der Waals surface area contributed by atoms with Crippen LogP contribution in [0.1, 0.15) is 29.7 Å². The maximum Gasteiger partial charge on any atom is 0.123 e. The fourth-order valence-corrected chi connectivity index (χ4v) is 2.40. The molecule has 22 heavy (non-hydrogen) atoms. The van der Waals surface area contributed by atoms with E-state index in [1.54, 1.807) is 0 Å². The molecule has 0 aliphatic heterocycles. The Hall–Kier alpha value is -2.13. The van der Waals surface area contributed by atoms with Crippen LogP contribution in [-0.4, -0.2) is 18.1 Å². The number of aromatic nitrogens is 1. The van der Waals surface area contributed by atoms with Crippen molar-refractivity contribution in [1.29, 1.82) is 0 Å². The van der Waals surface area contributed by atoms with Crippen molar-refractivity contribution in [2.75, 3.05) is 18.8 Å². The van der Waals surface area contributed by atoms with E-state index in [0.717, 1.165) is 38.0 Å². The molecular weight excluding hydrogens is 270 g/mol. The van der Waals surface area contributed by atoms with Gasteiger partial charge in [-0.3, -0.25) is 0 Å². The number of pyridine rings is 1. The lowest BCUT2D eigenvalue weighted by molar-refractivity contribution is 0.651. The minimum absolute atomic E-state index is 0.624. The Morgan fingerprint density at radius 2 is 1.95 bits per heavy atom. The summed E-state index contributed by atoms with van der Waals surface area (Å²) in [6.07, 6.45) is 7.58. The summed E-state index contributed by atoms with van der Waals surface area (Å²) in [5, 5.41) is 3.43. The second-order valence-corrected chi connectivity index (χ2v) is 5.53. The number of nitrogen functional groups attached to an aromatic ring is 1. The second-order valence-electron chi connectivity index (χ2n) is 5.53. The van der Waals surface area contributed by atoms with Gasteiger partial charge in [-0.2, -0.15) is 0 Å². The van der Waals surface area contributed by atoms with Crippen LogP contribution in [0.15, 0.2) is 48.5 Å². The summed E-state index contributed by atoms with van der Waals surface area (Å²) >= 11 is 0. The van der Waals surface area contributed by atoms with Gasteiger partial charge in [-0.25, -0.2) is 4.98 Å². The molecule has 0 aliphatic rings. The molecule has 0 saturated heterocycles. The second kappa shape index (κ2) is 9.00. The smallest absolute Gasteiger partial charge is 0.123 e. The monoisotopic (exact) mass is 295 g/mol. The van der Waals surface area contributed by atoms with Gasteiger partial charge >= 0.3 is 0 Å². The van der Waals surface area contributed by atoms with Gasteiger partial charge in [-0.15, -0.1) is 0 Å². The summed E-state index contributed by atoms with van der Waals surface area (Å²) in [6.45, 7) is 3.99. The molecule has 0 atom stereocenters. The van der Waals surface area contributed by atoms with E-state index in [9.17, 15) is 0 Å². The number of nitrogens with two attached hydrogens (primary N) is 1. The first kappa shape index (κ1) is 16.2. The van der Waals surface area contributed by atoms with Crippen LogP contribution >= 0.6 is 0 Å². The molecule has 2 aromatic rings. The maximum absolute atomic E-state index is 5.76. The zero-order valence-electron chi connectivity index (χ0n) is 13.3. The highest BCUT2D eigenvalue weighted by molar-refractivity contribution is 5.48. The van der Waals surface area contributed by atoms with Gasteiger partial charge in [0, 0.05) is 12.2 Å². The fraction of sp³-hybridized carbons (Fsp3) is 0.316. The zero-order chi connectivity index (χ0) is 15.6. The van der Waals surface area contributed by atoms with Gasteiger partial charge < -0.3 is 11.1 Å². The van der Waals surface area contributed by atoms with Crippen LogP contribution in [-0.2, 0) is 6.42 Å². The van der Waals surface area contributed by atoms with Crippen LogP contribution in [0.5, 0.6) is 0 Å². The number of rotatable bonds is 8. The molecule has 1 heterocycles. The van der Waals surface area contributed by atoms with Crippen molar-refractivity contribution < 1.29 is 0 Å². The quantitative estimate of drug-likeness (QED) is 0.732. The molecule has 0 aliphatic carbocycles. The molecule has 116 valence electrons. The van der Waals surface area contributed by atoms with Crippen molar-refractivity contribution in [2.24, 2.45) is 0 Å². The third kappa shape index (κ3) is 6.10. The molecule has 0 radical (unpaired) electrons. The van der Waals surface area contributed by atoms with Crippen LogP contribution in [0.3, 0.4) is 0 Å². The number of anilines is 1. The Morgan fingerprint density at radius 1 is 1.14 bits per heavy atom. The molecule has 0 fully saturated rings. The summed E-state index contributed by atoms with van der Waals surface area (Å²) in [5.74, 6) is 0.624. The van der Waals surface area contributed by atoms with E-state index in [2.05, 4.69) is 59.7 Å². The number of nitrogens with one attached hydrogen (secondary N) is 1. The Balaban J connectivity index is 1.57. The summed E-state index contributed by atoms with van der Waals surface area (Å²) in [6, 6.07) is 14.4. The Labute approximate surface area is 133 Å². The summed E-state index contributed by atoms with van der Waals surface area (Å²) < 4.78 is 0. The van der Waals surface area contributed by atoms with E-state index in [0.29, 0.717) is 5.82 Å². The van der Waals surface area contributed by atoms with Gasteiger partial charge in [0.1, 0.15) is 5.82 Å². The predicted molar refractivity (Wildman–Crippen MR) is 94.7 cm³/mol. The third-order valence-electron chi connectivity index (χ3n) is 3.45. The summed E-state index contributed by atoms with van der Waals surface area (Å²) in [5.41, 5.74) is 9.29. The molecule has 0 amide bonds. The van der Waals surface area contributed by atoms with Crippen LogP contribution in [0.4, 0.5) is 5.82 Å². The fourth-order valence-electron chi connectivity index (χ4n) is 2.40. The molecule has 0 spiro atoms. The molecule has 2 rings (SSSR count). The molecule has 1 aromatic carbocycles. The molecule has 3 nitrogen and oxygen atoms in total. The highest BCUT2D eigenvalue weighted by atomic mass is 14.8. The van der Waals surface area contributed by atoms with E-state index >= 15 is 0 Å². The number of benzene rings is 1. The normalized spacial score (nSPS) is 11.1. The minimum atomic E-state index is 0.624. The van der Waals surface area contributed by atoms with E-state index in [1.807, 2.05) is 12.1 Å². The van der Waals surface area contributed by atoms with Gasteiger partial charge in [-0.05, 0) is 56.0 Å². The van der Waals surface area contributed by atoms with Crippen LogP contribution in [0, 0.1) is 6.92 Å². The topological polar surface area (TPSA) is 50.9 Å². The average molecular weight is 295 g/mol. The summed E-state index contributed by atoms with van der Waals surface area (Å²) in [7, 11) is 0. The highest BCUT2D eigenvalue weighted by Crippen LogP contribution is 2.09. The Bertz CT molecular complexity index is 571. The summed E-state index contributed by atoms with van der Waals surface area (Å²) in [4.78, 5) is 4.36. The highest BCUT2D eigenvalue weighted by Gasteiger charge is 1.98. The SMILES string of the molecule is Cc1cc(N)nc(CCCCNC/C=C/c2ccccc2)c1. The number of nitrogens with zero attached hydrogens (tertiary/aromatic N) is 1.